The number of thiazole rings is 1. The summed E-state index contributed by atoms with van der Waals surface area (Å²) in [5.74, 6) is -1.22. The molecule has 1 N–H and O–H groups in total. The van der Waals surface area contributed by atoms with Crippen LogP contribution in [0.2, 0.25) is 0 Å². The van der Waals surface area contributed by atoms with Crippen molar-refractivity contribution in [3.63, 3.8) is 0 Å². The average Bonchev–Trinajstić information content (AvgIpc) is 3.33. The van der Waals surface area contributed by atoms with Crippen LogP contribution in [-0.4, -0.2) is 46.1 Å². The number of carbonyl (C=O) groups is 3. The van der Waals surface area contributed by atoms with E-state index in [1.165, 1.54) is 11.3 Å². The van der Waals surface area contributed by atoms with Crippen LogP contribution < -0.4 is 4.87 Å². The number of fused-ring (bicyclic) bond motifs is 9. The Balaban J connectivity index is 1.49. The first-order valence-electron chi connectivity index (χ1n) is 9.66. The van der Waals surface area contributed by atoms with Crippen LogP contribution in [-0.2, 0) is 24.5 Å². The van der Waals surface area contributed by atoms with E-state index in [9.17, 15) is 19.2 Å². The molecule has 1 aromatic rings. The van der Waals surface area contributed by atoms with Gasteiger partial charge in [-0.1, -0.05) is 25.2 Å². The summed E-state index contributed by atoms with van der Waals surface area (Å²) in [5.41, 5.74) is -0.225. The number of hydrogen-bond acceptors (Lipinski definition) is 7. The van der Waals surface area contributed by atoms with Gasteiger partial charge in [0.15, 0.2) is 0 Å². The van der Waals surface area contributed by atoms with E-state index in [-0.39, 0.29) is 70.1 Å². The molecule has 3 fully saturated rings. The lowest BCUT2D eigenvalue weighted by atomic mass is 9.64. The monoisotopic (exact) mass is 422 g/mol. The summed E-state index contributed by atoms with van der Waals surface area (Å²) in [4.78, 5) is 55.1. The van der Waals surface area contributed by atoms with Crippen molar-refractivity contribution < 1.29 is 19.1 Å². The van der Waals surface area contributed by atoms with Crippen LogP contribution in [0.25, 0.3) is 0 Å². The minimum atomic E-state index is -0.539. The normalized spacial score (nSPS) is 37.0. The molecule has 0 unspecified atom stereocenters. The molecule has 0 aromatic carbocycles. The predicted octanol–water partition coefficient (Wildman–Crippen LogP) is 1.62. The van der Waals surface area contributed by atoms with Crippen LogP contribution >= 0.6 is 23.1 Å². The van der Waals surface area contributed by atoms with Crippen LogP contribution in [0.4, 0.5) is 0 Å². The number of carbonyl (C=O) groups excluding carboxylic acids is 3. The number of nitrogens with one attached hydrogen (secondary N) is 1. The van der Waals surface area contributed by atoms with Gasteiger partial charge in [0.1, 0.15) is 6.54 Å². The molecule has 9 heteroatoms. The number of aromatic amines is 1. The van der Waals surface area contributed by atoms with Crippen molar-refractivity contribution in [2.24, 2.45) is 29.6 Å². The fourth-order valence-electron chi connectivity index (χ4n) is 6.21. The van der Waals surface area contributed by atoms with Crippen LogP contribution in [0.5, 0.6) is 0 Å². The van der Waals surface area contributed by atoms with E-state index in [4.69, 9.17) is 4.74 Å². The van der Waals surface area contributed by atoms with Gasteiger partial charge in [0, 0.05) is 15.5 Å². The van der Waals surface area contributed by atoms with Gasteiger partial charge in [0.05, 0.1) is 23.5 Å². The molecule has 2 bridgehead atoms. The summed E-state index contributed by atoms with van der Waals surface area (Å²) < 4.78 is 4.94. The van der Waals surface area contributed by atoms with Crippen molar-refractivity contribution in [1.82, 2.24) is 9.88 Å². The van der Waals surface area contributed by atoms with E-state index in [0.717, 1.165) is 21.2 Å². The highest BCUT2D eigenvalue weighted by Crippen LogP contribution is 2.68. The first-order chi connectivity index (χ1) is 13.3. The molecule has 1 aromatic heterocycles. The number of nitrogens with zero attached hydrogens (tertiary/aromatic N) is 1. The molecule has 0 radical (unpaired) electrons. The lowest BCUT2D eigenvalue weighted by Crippen LogP contribution is -2.48. The summed E-state index contributed by atoms with van der Waals surface area (Å²) in [5, 5.41) is 1.13. The van der Waals surface area contributed by atoms with E-state index < -0.39 is 5.97 Å². The standard InChI is InChI=1S/C19H22N2O5S2/c1-4-26-9(22)6-21-16(23)10-7-5-8(11(10)17(21)24)13-12(7)19(2,3)14-15(27-13)20-18(25)28-14/h7-8,10-13H,4-6H2,1-3H3,(H,20,25)/t7-,8+,10-,11+,12-,13-/m0/s1. The number of hydrogen-bond donors (Lipinski definition) is 1. The lowest BCUT2D eigenvalue weighted by molar-refractivity contribution is -0.153. The number of imide groups is 1. The first-order valence-corrected chi connectivity index (χ1v) is 11.4. The molecule has 2 saturated carbocycles. The summed E-state index contributed by atoms with van der Waals surface area (Å²) in [7, 11) is 0. The van der Waals surface area contributed by atoms with Crippen LogP contribution in [0, 0.1) is 29.6 Å². The molecule has 0 spiro atoms. The van der Waals surface area contributed by atoms with Crippen molar-refractivity contribution in [2.45, 2.75) is 42.9 Å². The molecule has 28 heavy (non-hydrogen) atoms. The predicted molar refractivity (Wildman–Crippen MR) is 103 cm³/mol. The van der Waals surface area contributed by atoms with Gasteiger partial charge >= 0.3 is 10.8 Å². The van der Waals surface area contributed by atoms with Crippen molar-refractivity contribution in [1.29, 1.82) is 0 Å². The second-order valence-corrected chi connectivity index (χ2v) is 10.9. The van der Waals surface area contributed by atoms with Crippen molar-refractivity contribution in [3.05, 3.63) is 14.5 Å². The second kappa shape index (κ2) is 5.95. The zero-order valence-corrected chi connectivity index (χ0v) is 17.5. The maximum absolute atomic E-state index is 13.1. The van der Waals surface area contributed by atoms with Crippen molar-refractivity contribution >= 4 is 40.9 Å². The SMILES string of the molecule is CCOC(=O)CN1C(=O)[C@@H]2[C@H]3C[C@@H]([C@@H]2C1=O)[C@H]1[C@H]3Sc2[nH]c(=O)sc2C1(C)C. The summed E-state index contributed by atoms with van der Waals surface area (Å²) in [6, 6.07) is 0. The van der Waals surface area contributed by atoms with E-state index in [0.29, 0.717) is 0 Å². The summed E-state index contributed by atoms with van der Waals surface area (Å²) >= 11 is 2.93. The molecule has 150 valence electrons. The van der Waals surface area contributed by atoms with Crippen LogP contribution in [0.15, 0.2) is 9.82 Å². The fourth-order valence-corrected chi connectivity index (χ4v) is 9.36. The minimum Gasteiger partial charge on any atom is -0.465 e. The van der Waals surface area contributed by atoms with Crippen molar-refractivity contribution in [2.75, 3.05) is 13.2 Å². The van der Waals surface area contributed by atoms with E-state index in [1.807, 2.05) is 0 Å². The molecule has 5 rings (SSSR count). The topological polar surface area (TPSA) is 96.5 Å². The number of rotatable bonds is 3. The number of aromatic nitrogens is 1. The molecule has 3 heterocycles. The van der Waals surface area contributed by atoms with Gasteiger partial charge in [-0.3, -0.25) is 24.1 Å². The first kappa shape index (κ1) is 18.4. The minimum absolute atomic E-state index is 0.0501. The Labute approximate surface area is 170 Å². The molecular formula is C19H22N2O5S2. The van der Waals surface area contributed by atoms with Gasteiger partial charge in [0.25, 0.3) is 0 Å². The van der Waals surface area contributed by atoms with Gasteiger partial charge in [-0.15, -0.1) is 11.8 Å². The zero-order chi connectivity index (χ0) is 20.0. The Morgan fingerprint density at radius 2 is 1.89 bits per heavy atom. The molecule has 7 nitrogen and oxygen atoms in total. The number of likely N-dealkylation sites (tertiary alicyclic amines) is 1. The molecule has 2 aliphatic carbocycles. The Morgan fingerprint density at radius 3 is 2.57 bits per heavy atom. The van der Waals surface area contributed by atoms with Crippen LogP contribution in [0.1, 0.15) is 32.1 Å². The Bertz CT molecular complexity index is 950. The highest BCUT2D eigenvalue weighted by atomic mass is 32.2. The Kier molecular flexibility index (Phi) is 3.91. The zero-order valence-electron chi connectivity index (χ0n) is 15.9. The third-order valence-electron chi connectivity index (χ3n) is 7.07. The third-order valence-corrected chi connectivity index (χ3v) is 9.88. The van der Waals surface area contributed by atoms with Crippen LogP contribution in [0.3, 0.4) is 0 Å². The second-order valence-electron chi connectivity index (χ2n) is 8.69. The molecular weight excluding hydrogens is 400 g/mol. The van der Waals surface area contributed by atoms with Gasteiger partial charge in [-0.05, 0) is 31.1 Å². The van der Waals surface area contributed by atoms with Gasteiger partial charge in [0.2, 0.25) is 11.8 Å². The molecule has 4 aliphatic rings. The van der Waals surface area contributed by atoms with E-state index in [2.05, 4.69) is 18.8 Å². The third kappa shape index (κ3) is 2.23. The highest BCUT2D eigenvalue weighted by Gasteiger charge is 2.70. The number of esters is 1. The largest absolute Gasteiger partial charge is 0.465 e. The van der Waals surface area contributed by atoms with Gasteiger partial charge < -0.3 is 9.72 Å². The smallest absolute Gasteiger partial charge is 0.326 e. The van der Waals surface area contributed by atoms with Crippen molar-refractivity contribution in [3.8, 4) is 0 Å². The molecule has 1 saturated heterocycles. The summed E-state index contributed by atoms with van der Waals surface area (Å²) in [6.07, 6.45) is 0.866. The number of H-pyrrole nitrogens is 1. The Morgan fingerprint density at radius 1 is 1.21 bits per heavy atom. The number of thioether (sulfide) groups is 1. The number of amides is 2. The van der Waals surface area contributed by atoms with E-state index in [1.54, 1.807) is 18.7 Å². The average molecular weight is 423 g/mol. The maximum atomic E-state index is 13.1. The highest BCUT2D eigenvalue weighted by molar-refractivity contribution is 8.00. The quantitative estimate of drug-likeness (QED) is 0.587. The van der Waals surface area contributed by atoms with E-state index >= 15 is 0 Å². The van der Waals surface area contributed by atoms with Gasteiger partial charge in [-0.25, -0.2) is 0 Å². The lowest BCUT2D eigenvalue weighted by Gasteiger charge is -2.47. The Hall–Kier alpha value is -1.61. The maximum Gasteiger partial charge on any atom is 0.326 e. The fraction of sp³-hybridized carbons (Fsp3) is 0.684. The van der Waals surface area contributed by atoms with Gasteiger partial charge in [-0.2, -0.15) is 0 Å². The summed E-state index contributed by atoms with van der Waals surface area (Å²) in [6.45, 7) is 5.95. The molecule has 2 amide bonds. The molecule has 6 atom stereocenters. The number of ether oxygens (including phenoxy) is 1. The molecule has 2 aliphatic heterocycles.